The van der Waals surface area contributed by atoms with Gasteiger partial charge in [0.25, 0.3) is 0 Å². The maximum atomic E-state index is 11.3. The molecule has 0 saturated carbocycles. The van der Waals surface area contributed by atoms with E-state index in [2.05, 4.69) is 33.9 Å². The van der Waals surface area contributed by atoms with Crippen LogP contribution in [0.4, 0.5) is 0 Å². The Hall–Kier alpha value is -1.20. The molecule has 1 unspecified atom stereocenters. The molecular weight excluding hydrogens is 324 g/mol. The molecule has 1 rings (SSSR count). The van der Waals surface area contributed by atoms with Crippen LogP contribution in [0.1, 0.15) is 34.6 Å². The van der Waals surface area contributed by atoms with E-state index in [-0.39, 0.29) is 11.0 Å². The molecule has 1 atom stereocenters. The molecule has 0 saturated heterocycles. The molecule has 3 nitrogen and oxygen atoms in total. The average Bonchev–Trinajstić information content (AvgIpc) is 2.42. The molecule has 0 aromatic heterocycles. The van der Waals surface area contributed by atoms with Crippen LogP contribution in [-0.2, 0) is 14.0 Å². The summed E-state index contributed by atoms with van der Waals surface area (Å²) in [5.74, 6) is 0.424. The summed E-state index contributed by atoms with van der Waals surface area (Å²) >= 11 is 1.58. The zero-order valence-corrected chi connectivity index (χ0v) is 17.0. The zero-order valence-electron chi connectivity index (χ0n) is 15.2. The SMILES string of the molecule is CC(=O)OC(C)/C(=C/Sc1ccccc1)O[Si](C)(C)C(C)(C)C. The number of carbonyl (C=O) groups is 1. The summed E-state index contributed by atoms with van der Waals surface area (Å²) in [6, 6.07) is 10.1. The van der Waals surface area contributed by atoms with Gasteiger partial charge in [-0.25, -0.2) is 0 Å². The Kier molecular flexibility index (Phi) is 6.95. The molecule has 0 N–H and O–H groups in total. The van der Waals surface area contributed by atoms with Gasteiger partial charge in [0.2, 0.25) is 8.32 Å². The summed E-state index contributed by atoms with van der Waals surface area (Å²) in [6.07, 6.45) is -0.391. The summed E-state index contributed by atoms with van der Waals surface area (Å²) in [4.78, 5) is 12.4. The highest BCUT2D eigenvalue weighted by Gasteiger charge is 2.40. The lowest BCUT2D eigenvalue weighted by Gasteiger charge is -2.38. The van der Waals surface area contributed by atoms with Gasteiger partial charge in [-0.3, -0.25) is 4.79 Å². The van der Waals surface area contributed by atoms with Crippen molar-refractivity contribution in [2.75, 3.05) is 0 Å². The Labute approximate surface area is 145 Å². The minimum Gasteiger partial charge on any atom is -0.543 e. The van der Waals surface area contributed by atoms with Crippen molar-refractivity contribution in [1.82, 2.24) is 0 Å². The normalized spacial score (nSPS) is 14.3. The summed E-state index contributed by atoms with van der Waals surface area (Å²) in [7, 11) is -1.99. The van der Waals surface area contributed by atoms with Crippen molar-refractivity contribution < 1.29 is 14.0 Å². The molecule has 23 heavy (non-hydrogen) atoms. The van der Waals surface area contributed by atoms with E-state index in [1.165, 1.54) is 6.92 Å². The Balaban J connectivity index is 2.99. The van der Waals surface area contributed by atoms with Gasteiger partial charge in [-0.05, 0) is 37.2 Å². The number of hydrogen-bond donors (Lipinski definition) is 0. The minimum absolute atomic E-state index is 0.0828. The maximum absolute atomic E-state index is 11.3. The third-order valence-electron chi connectivity index (χ3n) is 3.98. The molecule has 1 aromatic carbocycles. The molecule has 0 radical (unpaired) electrons. The lowest BCUT2D eigenvalue weighted by Crippen LogP contribution is -2.42. The fourth-order valence-electron chi connectivity index (χ4n) is 1.58. The number of thioether (sulfide) groups is 1. The van der Waals surface area contributed by atoms with E-state index in [1.807, 2.05) is 42.7 Å². The van der Waals surface area contributed by atoms with Crippen LogP contribution < -0.4 is 0 Å². The van der Waals surface area contributed by atoms with Crippen molar-refractivity contribution in [3.63, 3.8) is 0 Å². The van der Waals surface area contributed by atoms with Crippen LogP contribution in [0.15, 0.2) is 46.4 Å². The lowest BCUT2D eigenvalue weighted by atomic mass is 10.2. The van der Waals surface area contributed by atoms with Crippen molar-refractivity contribution in [3.8, 4) is 0 Å². The highest BCUT2D eigenvalue weighted by molar-refractivity contribution is 8.02. The Bertz CT molecular complexity index is 547. The van der Waals surface area contributed by atoms with Gasteiger partial charge in [-0.1, -0.05) is 50.7 Å². The second-order valence-electron chi connectivity index (χ2n) is 7.07. The van der Waals surface area contributed by atoms with E-state index < -0.39 is 14.4 Å². The van der Waals surface area contributed by atoms with Crippen molar-refractivity contribution in [2.45, 2.75) is 63.8 Å². The third kappa shape index (κ3) is 6.43. The van der Waals surface area contributed by atoms with Crippen LogP contribution in [0.25, 0.3) is 0 Å². The third-order valence-corrected chi connectivity index (χ3v) is 9.23. The van der Waals surface area contributed by atoms with Crippen molar-refractivity contribution >= 4 is 26.0 Å². The van der Waals surface area contributed by atoms with Crippen LogP contribution in [-0.4, -0.2) is 20.4 Å². The molecule has 0 heterocycles. The van der Waals surface area contributed by atoms with E-state index in [1.54, 1.807) is 11.8 Å². The first-order chi connectivity index (χ1) is 10.5. The predicted molar refractivity (Wildman–Crippen MR) is 99.9 cm³/mol. The standard InChI is InChI=1S/C18H28O3SSi/c1-14(20-15(2)19)17(21-23(6,7)18(3,4)5)13-22-16-11-9-8-10-12-16/h8-14H,1-7H3/b17-13-. The van der Waals surface area contributed by atoms with Crippen molar-refractivity contribution in [2.24, 2.45) is 0 Å². The van der Waals surface area contributed by atoms with Gasteiger partial charge in [-0.15, -0.1) is 0 Å². The fraction of sp³-hybridized carbons (Fsp3) is 0.500. The van der Waals surface area contributed by atoms with Crippen LogP contribution in [0.5, 0.6) is 0 Å². The molecule has 0 aliphatic heterocycles. The fourth-order valence-corrected chi connectivity index (χ4v) is 3.59. The number of rotatable bonds is 6. The molecule has 0 bridgehead atoms. The zero-order chi connectivity index (χ0) is 17.7. The lowest BCUT2D eigenvalue weighted by molar-refractivity contribution is -0.144. The summed E-state index contributed by atoms with van der Waals surface area (Å²) < 4.78 is 11.7. The van der Waals surface area contributed by atoms with Crippen LogP contribution in [0.3, 0.4) is 0 Å². The molecule has 0 aliphatic carbocycles. The first kappa shape index (κ1) is 19.8. The van der Waals surface area contributed by atoms with E-state index in [9.17, 15) is 4.79 Å². The van der Waals surface area contributed by atoms with Gasteiger partial charge in [0, 0.05) is 17.2 Å². The van der Waals surface area contributed by atoms with E-state index >= 15 is 0 Å². The minimum atomic E-state index is -1.99. The summed E-state index contributed by atoms with van der Waals surface area (Å²) in [6.45, 7) is 14.2. The molecule has 0 amide bonds. The Morgan fingerprint density at radius 3 is 2.26 bits per heavy atom. The number of benzene rings is 1. The molecule has 0 spiro atoms. The maximum Gasteiger partial charge on any atom is 0.303 e. The quantitative estimate of drug-likeness (QED) is 0.289. The van der Waals surface area contributed by atoms with Crippen molar-refractivity contribution in [1.29, 1.82) is 0 Å². The number of hydrogen-bond acceptors (Lipinski definition) is 4. The molecule has 128 valence electrons. The average molecular weight is 353 g/mol. The topological polar surface area (TPSA) is 35.5 Å². The first-order valence-corrected chi connectivity index (χ1v) is 11.6. The second-order valence-corrected chi connectivity index (χ2v) is 12.7. The monoisotopic (exact) mass is 352 g/mol. The Morgan fingerprint density at radius 1 is 1.22 bits per heavy atom. The Morgan fingerprint density at radius 2 is 1.78 bits per heavy atom. The van der Waals surface area contributed by atoms with Crippen LogP contribution in [0.2, 0.25) is 18.1 Å². The van der Waals surface area contributed by atoms with Gasteiger partial charge in [0.1, 0.15) is 5.76 Å². The largest absolute Gasteiger partial charge is 0.543 e. The summed E-state index contributed by atoms with van der Waals surface area (Å²) in [5.41, 5.74) is 0. The summed E-state index contributed by atoms with van der Waals surface area (Å²) in [5, 5.41) is 2.04. The molecule has 5 heteroatoms. The van der Waals surface area contributed by atoms with E-state index in [4.69, 9.17) is 9.16 Å². The number of carbonyl (C=O) groups excluding carboxylic acids is 1. The van der Waals surface area contributed by atoms with Gasteiger partial charge in [0.15, 0.2) is 6.10 Å². The number of ether oxygens (including phenoxy) is 1. The molecular formula is C18H28O3SSi. The van der Waals surface area contributed by atoms with Gasteiger partial charge >= 0.3 is 5.97 Å². The van der Waals surface area contributed by atoms with Crippen molar-refractivity contribution in [3.05, 3.63) is 41.5 Å². The predicted octanol–water partition coefficient (Wildman–Crippen LogP) is 5.59. The second kappa shape index (κ2) is 8.06. The molecule has 1 aromatic rings. The van der Waals surface area contributed by atoms with Crippen LogP contribution in [0, 0.1) is 0 Å². The van der Waals surface area contributed by atoms with Gasteiger partial charge in [-0.2, -0.15) is 0 Å². The first-order valence-electron chi connectivity index (χ1n) is 7.81. The van der Waals surface area contributed by atoms with Crippen LogP contribution >= 0.6 is 11.8 Å². The molecule has 0 aliphatic rings. The van der Waals surface area contributed by atoms with E-state index in [0.717, 1.165) is 10.7 Å². The highest BCUT2D eigenvalue weighted by Crippen LogP contribution is 2.39. The van der Waals surface area contributed by atoms with Gasteiger partial charge < -0.3 is 9.16 Å². The van der Waals surface area contributed by atoms with Gasteiger partial charge in [0.05, 0.1) is 0 Å². The molecule has 0 fully saturated rings. The van der Waals surface area contributed by atoms with E-state index in [0.29, 0.717) is 0 Å². The number of esters is 1. The smallest absolute Gasteiger partial charge is 0.303 e. The highest BCUT2D eigenvalue weighted by atomic mass is 32.2.